The van der Waals surface area contributed by atoms with Crippen LogP contribution in [0.4, 0.5) is 0 Å². The molecule has 0 saturated heterocycles. The molecule has 0 bridgehead atoms. The maximum absolute atomic E-state index is 10.6. The molecule has 0 aliphatic carbocycles. The Morgan fingerprint density at radius 2 is 1.13 bits per heavy atom. The Labute approximate surface area is 181 Å². The molecular formula is C27H21N3O. The highest BCUT2D eigenvalue weighted by Gasteiger charge is 2.10. The highest BCUT2D eigenvalue weighted by atomic mass is 16.3. The van der Waals surface area contributed by atoms with Crippen LogP contribution in [-0.2, 0) is 0 Å². The van der Waals surface area contributed by atoms with E-state index >= 15 is 0 Å². The fourth-order valence-corrected chi connectivity index (χ4v) is 3.62. The van der Waals surface area contributed by atoms with Gasteiger partial charge in [-0.05, 0) is 34.4 Å². The fraction of sp³-hybridized carbons (Fsp3) is 0.0370. The van der Waals surface area contributed by atoms with E-state index in [2.05, 4.69) is 22.4 Å². The van der Waals surface area contributed by atoms with Crippen molar-refractivity contribution in [2.45, 2.75) is 6.10 Å². The first-order chi connectivity index (χ1) is 15.3. The second kappa shape index (κ2) is 8.38. The number of benzene rings is 4. The van der Waals surface area contributed by atoms with Crippen molar-refractivity contribution in [3.63, 3.8) is 0 Å². The Morgan fingerprint density at radius 3 is 1.77 bits per heavy atom. The van der Waals surface area contributed by atoms with E-state index in [9.17, 15) is 5.11 Å². The van der Waals surface area contributed by atoms with E-state index in [1.807, 2.05) is 103 Å². The Balaban J connectivity index is 1.34. The molecule has 5 rings (SSSR count). The van der Waals surface area contributed by atoms with Crippen molar-refractivity contribution in [2.24, 2.45) is 0 Å². The molecule has 1 N–H and O–H groups in total. The lowest BCUT2D eigenvalue weighted by Crippen LogP contribution is -1.99. The van der Waals surface area contributed by atoms with Gasteiger partial charge in [-0.15, -0.1) is 5.10 Å². The van der Waals surface area contributed by atoms with Gasteiger partial charge in [-0.1, -0.05) is 102 Å². The zero-order valence-corrected chi connectivity index (χ0v) is 16.8. The summed E-state index contributed by atoms with van der Waals surface area (Å²) in [6.45, 7) is 0. The molecule has 4 heteroatoms. The van der Waals surface area contributed by atoms with E-state index in [1.165, 1.54) is 0 Å². The molecule has 1 atom stereocenters. The third-order valence-corrected chi connectivity index (χ3v) is 5.37. The number of hydrogen-bond acceptors (Lipinski definition) is 3. The van der Waals surface area contributed by atoms with Crippen molar-refractivity contribution in [2.75, 3.05) is 0 Å². The van der Waals surface area contributed by atoms with E-state index in [0.29, 0.717) is 0 Å². The van der Waals surface area contributed by atoms with Crippen LogP contribution < -0.4 is 0 Å². The smallest absolute Gasteiger partial charge is 0.113 e. The molecule has 150 valence electrons. The maximum atomic E-state index is 10.6. The highest BCUT2D eigenvalue weighted by molar-refractivity contribution is 5.65. The summed E-state index contributed by atoms with van der Waals surface area (Å²) >= 11 is 0. The van der Waals surface area contributed by atoms with Crippen LogP contribution >= 0.6 is 0 Å². The Morgan fingerprint density at radius 1 is 0.581 bits per heavy atom. The third kappa shape index (κ3) is 4.02. The van der Waals surface area contributed by atoms with Crippen LogP contribution in [0.15, 0.2) is 115 Å². The second-order valence-corrected chi connectivity index (χ2v) is 7.40. The van der Waals surface area contributed by atoms with E-state index in [4.69, 9.17) is 0 Å². The van der Waals surface area contributed by atoms with Gasteiger partial charge in [0.15, 0.2) is 0 Å². The summed E-state index contributed by atoms with van der Waals surface area (Å²) in [5.41, 5.74) is 6.81. The Bertz CT molecular complexity index is 1260. The first kappa shape index (κ1) is 19.0. The van der Waals surface area contributed by atoms with Gasteiger partial charge in [-0.2, -0.15) is 0 Å². The zero-order valence-electron chi connectivity index (χ0n) is 16.8. The molecule has 0 radical (unpaired) electrons. The summed E-state index contributed by atoms with van der Waals surface area (Å²) in [4.78, 5) is 0. The van der Waals surface area contributed by atoms with E-state index in [1.54, 1.807) is 4.68 Å². The molecule has 0 aliphatic rings. The van der Waals surface area contributed by atoms with Crippen molar-refractivity contribution in [3.8, 4) is 28.1 Å². The largest absolute Gasteiger partial charge is 0.384 e. The second-order valence-electron chi connectivity index (χ2n) is 7.40. The quantitative estimate of drug-likeness (QED) is 0.411. The van der Waals surface area contributed by atoms with Gasteiger partial charge in [-0.3, -0.25) is 0 Å². The first-order valence-corrected chi connectivity index (χ1v) is 10.2. The standard InChI is InChI=1S/C27H21N3O/c31-27(23-9-5-2-6-10-23)24-13-11-20(12-14-24)21-15-17-25(18-16-21)30-19-26(28-29-30)22-7-3-1-4-8-22/h1-19,27,31H. The maximum Gasteiger partial charge on any atom is 0.113 e. The minimum Gasteiger partial charge on any atom is -0.384 e. The topological polar surface area (TPSA) is 50.9 Å². The summed E-state index contributed by atoms with van der Waals surface area (Å²) in [5.74, 6) is 0. The van der Waals surface area contributed by atoms with Gasteiger partial charge >= 0.3 is 0 Å². The zero-order chi connectivity index (χ0) is 21.0. The van der Waals surface area contributed by atoms with Gasteiger partial charge in [0.25, 0.3) is 0 Å². The molecule has 0 aliphatic heterocycles. The number of nitrogens with zero attached hydrogens (tertiary/aromatic N) is 3. The predicted octanol–water partition coefficient (Wildman–Crippen LogP) is 5.68. The third-order valence-electron chi connectivity index (χ3n) is 5.37. The van der Waals surface area contributed by atoms with E-state index in [0.717, 1.165) is 39.2 Å². The molecule has 5 aromatic rings. The van der Waals surface area contributed by atoms with Crippen LogP contribution in [0, 0.1) is 0 Å². The molecule has 0 amide bonds. The van der Waals surface area contributed by atoms with Crippen LogP contribution in [-0.4, -0.2) is 20.1 Å². The average Bonchev–Trinajstić information content (AvgIpc) is 3.35. The SMILES string of the molecule is OC(c1ccccc1)c1ccc(-c2ccc(-n3cc(-c4ccccc4)nn3)cc2)cc1. The molecule has 1 heterocycles. The molecule has 4 aromatic carbocycles. The van der Waals surface area contributed by atoms with Gasteiger partial charge in [0, 0.05) is 5.56 Å². The minimum atomic E-state index is -0.622. The molecule has 0 spiro atoms. The predicted molar refractivity (Wildman–Crippen MR) is 123 cm³/mol. The summed E-state index contributed by atoms with van der Waals surface area (Å²) in [5, 5.41) is 19.1. The van der Waals surface area contributed by atoms with E-state index < -0.39 is 6.10 Å². The van der Waals surface area contributed by atoms with Gasteiger partial charge in [0.1, 0.15) is 11.8 Å². The molecular weight excluding hydrogens is 382 g/mol. The van der Waals surface area contributed by atoms with Crippen LogP contribution in [0.1, 0.15) is 17.2 Å². The normalized spacial score (nSPS) is 11.9. The number of aliphatic hydroxyl groups excluding tert-OH is 1. The lowest BCUT2D eigenvalue weighted by molar-refractivity contribution is 0.220. The number of aliphatic hydroxyl groups is 1. The van der Waals surface area contributed by atoms with Gasteiger partial charge in [0.2, 0.25) is 0 Å². The number of aromatic nitrogens is 3. The summed E-state index contributed by atoms with van der Waals surface area (Å²) in [7, 11) is 0. The van der Waals surface area contributed by atoms with Crippen LogP contribution in [0.25, 0.3) is 28.1 Å². The molecule has 0 fully saturated rings. The Kier molecular flexibility index (Phi) is 5.13. The van der Waals surface area contributed by atoms with Crippen LogP contribution in [0.2, 0.25) is 0 Å². The van der Waals surface area contributed by atoms with Crippen LogP contribution in [0.5, 0.6) is 0 Å². The van der Waals surface area contributed by atoms with Gasteiger partial charge in [-0.25, -0.2) is 4.68 Å². The average molecular weight is 403 g/mol. The molecule has 0 saturated carbocycles. The Hall–Kier alpha value is -4.02. The van der Waals surface area contributed by atoms with Crippen LogP contribution in [0.3, 0.4) is 0 Å². The summed E-state index contributed by atoms with van der Waals surface area (Å²) in [6, 6.07) is 36.0. The van der Waals surface area contributed by atoms with Crippen molar-refractivity contribution in [1.82, 2.24) is 15.0 Å². The van der Waals surface area contributed by atoms with Crippen molar-refractivity contribution in [1.29, 1.82) is 0 Å². The summed E-state index contributed by atoms with van der Waals surface area (Å²) in [6.07, 6.45) is 1.31. The van der Waals surface area contributed by atoms with Gasteiger partial charge in [0.05, 0.1) is 11.9 Å². The summed E-state index contributed by atoms with van der Waals surface area (Å²) < 4.78 is 1.78. The number of rotatable bonds is 5. The first-order valence-electron chi connectivity index (χ1n) is 10.2. The lowest BCUT2D eigenvalue weighted by Gasteiger charge is -2.12. The minimum absolute atomic E-state index is 0.622. The fourth-order valence-electron chi connectivity index (χ4n) is 3.62. The monoisotopic (exact) mass is 403 g/mol. The molecule has 31 heavy (non-hydrogen) atoms. The highest BCUT2D eigenvalue weighted by Crippen LogP contribution is 2.26. The van der Waals surface area contributed by atoms with Gasteiger partial charge < -0.3 is 5.11 Å². The van der Waals surface area contributed by atoms with Crippen molar-refractivity contribution < 1.29 is 5.11 Å². The van der Waals surface area contributed by atoms with Crippen molar-refractivity contribution >= 4 is 0 Å². The van der Waals surface area contributed by atoms with E-state index in [-0.39, 0.29) is 0 Å². The molecule has 1 unspecified atom stereocenters. The molecule has 4 nitrogen and oxygen atoms in total. The molecule has 1 aromatic heterocycles. The lowest BCUT2D eigenvalue weighted by atomic mass is 9.98. The van der Waals surface area contributed by atoms with Crippen molar-refractivity contribution in [3.05, 3.63) is 127 Å². The number of hydrogen-bond donors (Lipinski definition) is 1.